The molecule has 0 bridgehead atoms. The standard InChI is InChI=1S/C17H15NO3/c19-18(20)17(11-4-1-5-12-17)21-13-15-9-6-8-14-7-2-3-10-16(14)15/h1-11H,12-13H2. The summed E-state index contributed by atoms with van der Waals surface area (Å²) in [5, 5.41) is 13.5. The summed E-state index contributed by atoms with van der Waals surface area (Å²) in [6.45, 7) is 0.209. The Morgan fingerprint density at radius 3 is 2.71 bits per heavy atom. The zero-order chi connectivity index (χ0) is 14.7. The van der Waals surface area contributed by atoms with Crippen LogP contribution >= 0.6 is 0 Å². The molecular weight excluding hydrogens is 266 g/mol. The first-order valence-electron chi connectivity index (χ1n) is 6.81. The van der Waals surface area contributed by atoms with Crippen LogP contribution in [0.1, 0.15) is 12.0 Å². The van der Waals surface area contributed by atoms with E-state index in [2.05, 4.69) is 0 Å². The molecule has 2 aromatic carbocycles. The lowest BCUT2D eigenvalue weighted by molar-refractivity contribution is -0.614. The Bertz CT molecular complexity index is 730. The molecule has 0 saturated heterocycles. The monoisotopic (exact) mass is 281 g/mol. The minimum atomic E-state index is -1.45. The van der Waals surface area contributed by atoms with Crippen LogP contribution < -0.4 is 0 Å². The summed E-state index contributed by atoms with van der Waals surface area (Å²) in [7, 11) is 0. The fourth-order valence-electron chi connectivity index (χ4n) is 2.51. The molecule has 0 saturated carbocycles. The van der Waals surface area contributed by atoms with Crippen LogP contribution in [-0.2, 0) is 11.3 Å². The van der Waals surface area contributed by atoms with Gasteiger partial charge in [-0.25, -0.2) is 0 Å². The summed E-state index contributed by atoms with van der Waals surface area (Å²) in [4.78, 5) is 11.0. The number of hydrogen-bond donors (Lipinski definition) is 0. The molecule has 21 heavy (non-hydrogen) atoms. The van der Waals surface area contributed by atoms with E-state index in [-0.39, 0.29) is 18.0 Å². The zero-order valence-corrected chi connectivity index (χ0v) is 11.4. The molecule has 0 N–H and O–H groups in total. The second-order valence-electron chi connectivity index (χ2n) is 5.02. The highest BCUT2D eigenvalue weighted by molar-refractivity contribution is 5.85. The fourth-order valence-corrected chi connectivity index (χ4v) is 2.51. The number of nitrogens with zero attached hydrogens (tertiary/aromatic N) is 1. The van der Waals surface area contributed by atoms with Crippen molar-refractivity contribution < 1.29 is 9.66 Å². The Kier molecular flexibility index (Phi) is 3.54. The lowest BCUT2D eigenvalue weighted by atomic mass is 10.0. The van der Waals surface area contributed by atoms with E-state index < -0.39 is 5.72 Å². The van der Waals surface area contributed by atoms with Gasteiger partial charge >= 0.3 is 5.72 Å². The van der Waals surface area contributed by atoms with E-state index in [0.29, 0.717) is 0 Å². The van der Waals surface area contributed by atoms with Gasteiger partial charge < -0.3 is 4.74 Å². The van der Waals surface area contributed by atoms with Crippen LogP contribution in [0.5, 0.6) is 0 Å². The van der Waals surface area contributed by atoms with Crippen molar-refractivity contribution in [1.29, 1.82) is 0 Å². The quantitative estimate of drug-likeness (QED) is 0.486. The van der Waals surface area contributed by atoms with Crippen LogP contribution in [0, 0.1) is 10.1 Å². The molecule has 106 valence electrons. The second-order valence-corrected chi connectivity index (χ2v) is 5.02. The SMILES string of the molecule is O=[N+]([O-])C1(OCc2cccc3ccccc23)C=CC=CC1. The molecule has 0 aromatic heterocycles. The molecule has 1 aliphatic rings. The number of nitro groups is 1. The largest absolute Gasteiger partial charge is 0.348 e. The Hall–Kier alpha value is -2.46. The number of benzene rings is 2. The van der Waals surface area contributed by atoms with Crippen LogP contribution in [0.4, 0.5) is 0 Å². The van der Waals surface area contributed by atoms with Crippen molar-refractivity contribution in [3.63, 3.8) is 0 Å². The van der Waals surface area contributed by atoms with Gasteiger partial charge in [0.05, 0.1) is 18.0 Å². The lowest BCUT2D eigenvalue weighted by Gasteiger charge is -2.22. The molecule has 1 unspecified atom stereocenters. The third kappa shape index (κ3) is 2.58. The average molecular weight is 281 g/mol. The van der Waals surface area contributed by atoms with Crippen LogP contribution in [0.2, 0.25) is 0 Å². The molecule has 0 fully saturated rings. The van der Waals surface area contributed by atoms with Crippen molar-refractivity contribution in [3.8, 4) is 0 Å². The predicted octanol–water partition coefficient (Wildman–Crippen LogP) is 3.85. The van der Waals surface area contributed by atoms with E-state index in [1.807, 2.05) is 42.5 Å². The van der Waals surface area contributed by atoms with E-state index >= 15 is 0 Å². The highest BCUT2D eigenvalue weighted by Gasteiger charge is 2.41. The molecule has 4 heteroatoms. The molecule has 0 spiro atoms. The van der Waals surface area contributed by atoms with Crippen LogP contribution in [0.15, 0.2) is 66.8 Å². The molecule has 2 aromatic rings. The van der Waals surface area contributed by atoms with Gasteiger partial charge in [-0.3, -0.25) is 10.1 Å². The number of rotatable bonds is 4. The summed E-state index contributed by atoms with van der Waals surface area (Å²) in [6.07, 6.45) is 6.98. The summed E-state index contributed by atoms with van der Waals surface area (Å²) in [5.41, 5.74) is -0.497. The van der Waals surface area contributed by atoms with Gasteiger partial charge in [-0.05, 0) is 16.3 Å². The van der Waals surface area contributed by atoms with Gasteiger partial charge in [0.2, 0.25) is 0 Å². The predicted molar refractivity (Wildman–Crippen MR) is 81.4 cm³/mol. The highest BCUT2D eigenvalue weighted by Crippen LogP contribution is 2.26. The van der Waals surface area contributed by atoms with Crippen molar-refractivity contribution in [1.82, 2.24) is 0 Å². The van der Waals surface area contributed by atoms with Crippen LogP contribution in [-0.4, -0.2) is 10.6 Å². The molecule has 4 nitrogen and oxygen atoms in total. The first-order valence-corrected chi connectivity index (χ1v) is 6.81. The van der Waals surface area contributed by atoms with Crippen molar-refractivity contribution in [3.05, 3.63) is 82.4 Å². The van der Waals surface area contributed by atoms with Crippen molar-refractivity contribution in [2.45, 2.75) is 18.8 Å². The van der Waals surface area contributed by atoms with Gasteiger partial charge in [0.25, 0.3) is 0 Å². The highest BCUT2D eigenvalue weighted by atomic mass is 16.7. The maximum Gasteiger partial charge on any atom is 0.348 e. The maximum absolute atomic E-state index is 11.4. The lowest BCUT2D eigenvalue weighted by Crippen LogP contribution is -2.39. The van der Waals surface area contributed by atoms with E-state index in [9.17, 15) is 10.1 Å². The first kappa shape index (κ1) is 13.5. The maximum atomic E-state index is 11.4. The van der Waals surface area contributed by atoms with Gasteiger partial charge in [-0.15, -0.1) is 0 Å². The summed E-state index contributed by atoms with van der Waals surface area (Å²) in [5.74, 6) is 0. The van der Waals surface area contributed by atoms with Gasteiger partial charge in [0, 0.05) is 6.08 Å². The Labute approximate surface area is 122 Å². The number of hydrogen-bond acceptors (Lipinski definition) is 3. The van der Waals surface area contributed by atoms with E-state index in [4.69, 9.17) is 4.74 Å². The molecule has 1 aliphatic carbocycles. The third-order valence-corrected chi connectivity index (χ3v) is 3.68. The first-order chi connectivity index (χ1) is 10.2. The van der Waals surface area contributed by atoms with Crippen LogP contribution in [0.3, 0.4) is 0 Å². The average Bonchev–Trinajstić information content (AvgIpc) is 2.53. The fraction of sp³-hybridized carbons (Fsp3) is 0.176. The summed E-state index contributed by atoms with van der Waals surface area (Å²) >= 11 is 0. The third-order valence-electron chi connectivity index (χ3n) is 3.68. The molecule has 0 radical (unpaired) electrons. The van der Waals surface area contributed by atoms with Crippen molar-refractivity contribution >= 4 is 10.8 Å². The topological polar surface area (TPSA) is 52.4 Å². The Morgan fingerprint density at radius 2 is 1.95 bits per heavy atom. The number of ether oxygens (including phenoxy) is 1. The van der Waals surface area contributed by atoms with Gasteiger partial charge in [-0.2, -0.15) is 0 Å². The minimum absolute atomic E-state index is 0.209. The number of allylic oxidation sites excluding steroid dienone is 2. The Balaban J connectivity index is 1.87. The normalized spacial score (nSPS) is 20.8. The Morgan fingerprint density at radius 1 is 1.14 bits per heavy atom. The minimum Gasteiger partial charge on any atom is -0.306 e. The molecule has 1 atom stereocenters. The molecule has 3 rings (SSSR count). The molecule has 0 amide bonds. The molecule has 0 heterocycles. The van der Waals surface area contributed by atoms with E-state index in [1.165, 1.54) is 6.08 Å². The van der Waals surface area contributed by atoms with Gasteiger partial charge in [-0.1, -0.05) is 60.7 Å². The zero-order valence-electron chi connectivity index (χ0n) is 11.4. The molecular formula is C17H15NO3. The van der Waals surface area contributed by atoms with E-state index in [0.717, 1.165) is 16.3 Å². The van der Waals surface area contributed by atoms with Gasteiger partial charge in [0.15, 0.2) is 0 Å². The smallest absolute Gasteiger partial charge is 0.306 e. The summed E-state index contributed by atoms with van der Waals surface area (Å²) in [6, 6.07) is 13.9. The second kappa shape index (κ2) is 5.50. The van der Waals surface area contributed by atoms with Crippen molar-refractivity contribution in [2.24, 2.45) is 0 Å². The molecule has 0 aliphatic heterocycles. The summed E-state index contributed by atoms with van der Waals surface area (Å²) < 4.78 is 5.69. The van der Waals surface area contributed by atoms with E-state index in [1.54, 1.807) is 18.2 Å². The van der Waals surface area contributed by atoms with Gasteiger partial charge in [0.1, 0.15) is 0 Å². The van der Waals surface area contributed by atoms with Crippen LogP contribution in [0.25, 0.3) is 10.8 Å². The number of fused-ring (bicyclic) bond motifs is 1. The van der Waals surface area contributed by atoms with Crippen molar-refractivity contribution in [2.75, 3.05) is 0 Å².